The highest BCUT2D eigenvalue weighted by Crippen LogP contribution is 2.28. The van der Waals surface area contributed by atoms with Crippen molar-refractivity contribution in [1.82, 2.24) is 15.1 Å². The molecule has 1 aromatic rings. The fraction of sp³-hybridized carbons (Fsp3) is 0.786. The Bertz CT molecular complexity index is 391. The number of rotatable bonds is 5. The summed E-state index contributed by atoms with van der Waals surface area (Å²) in [6, 6.07) is 2.79. The van der Waals surface area contributed by atoms with Crippen molar-refractivity contribution < 1.29 is 4.74 Å². The van der Waals surface area contributed by atoms with Gasteiger partial charge in [-0.3, -0.25) is 4.68 Å². The lowest BCUT2D eigenvalue weighted by Crippen LogP contribution is -2.47. The molecule has 18 heavy (non-hydrogen) atoms. The van der Waals surface area contributed by atoms with Crippen molar-refractivity contribution in [2.75, 3.05) is 19.8 Å². The molecule has 0 radical (unpaired) electrons. The number of nitrogens with one attached hydrogen (secondary N) is 1. The summed E-state index contributed by atoms with van der Waals surface area (Å²) in [7, 11) is 0. The minimum absolute atomic E-state index is 0.341. The molecule has 4 heteroatoms. The van der Waals surface area contributed by atoms with E-state index in [2.05, 4.69) is 34.3 Å². The van der Waals surface area contributed by atoms with Crippen molar-refractivity contribution in [3.8, 4) is 0 Å². The van der Waals surface area contributed by atoms with E-state index in [1.54, 1.807) is 0 Å². The average molecular weight is 249 g/mol. The van der Waals surface area contributed by atoms with Crippen LogP contribution in [0, 0.1) is 5.41 Å². The zero-order chi connectivity index (χ0) is 12.4. The molecular formula is C14H23N3O. The SMILES string of the molecule is CC1(CNCc2ccn(C3CCCC3)n2)COC1. The van der Waals surface area contributed by atoms with Crippen LogP contribution in [0.25, 0.3) is 0 Å². The highest BCUT2D eigenvalue weighted by atomic mass is 16.5. The highest BCUT2D eigenvalue weighted by Gasteiger charge is 2.32. The second kappa shape index (κ2) is 5.02. The van der Waals surface area contributed by atoms with Gasteiger partial charge in [0.05, 0.1) is 24.9 Å². The number of ether oxygens (including phenoxy) is 1. The Hall–Kier alpha value is -0.870. The van der Waals surface area contributed by atoms with Crippen molar-refractivity contribution in [2.45, 2.75) is 45.2 Å². The third kappa shape index (κ3) is 2.59. The molecule has 1 aliphatic heterocycles. The van der Waals surface area contributed by atoms with Crippen LogP contribution in [0.1, 0.15) is 44.3 Å². The Morgan fingerprint density at radius 3 is 2.89 bits per heavy atom. The van der Waals surface area contributed by atoms with Crippen molar-refractivity contribution >= 4 is 0 Å². The van der Waals surface area contributed by atoms with E-state index in [0.29, 0.717) is 11.5 Å². The normalized spacial score (nSPS) is 23.2. The molecule has 1 saturated carbocycles. The van der Waals surface area contributed by atoms with Crippen molar-refractivity contribution in [2.24, 2.45) is 5.41 Å². The summed E-state index contributed by atoms with van der Waals surface area (Å²) in [5.41, 5.74) is 1.50. The number of hydrogen-bond donors (Lipinski definition) is 1. The lowest BCUT2D eigenvalue weighted by atomic mass is 9.89. The van der Waals surface area contributed by atoms with Gasteiger partial charge in [0.25, 0.3) is 0 Å². The maximum atomic E-state index is 5.25. The molecule has 0 aromatic carbocycles. The van der Waals surface area contributed by atoms with E-state index in [0.717, 1.165) is 32.0 Å². The molecule has 0 amide bonds. The Labute approximate surface area is 109 Å². The molecule has 0 spiro atoms. The number of aromatic nitrogens is 2. The van der Waals surface area contributed by atoms with Gasteiger partial charge in [-0.1, -0.05) is 19.8 Å². The first-order valence-electron chi connectivity index (χ1n) is 7.08. The van der Waals surface area contributed by atoms with Crippen LogP contribution in [-0.2, 0) is 11.3 Å². The topological polar surface area (TPSA) is 39.1 Å². The quantitative estimate of drug-likeness (QED) is 0.869. The minimum atomic E-state index is 0.341. The fourth-order valence-corrected chi connectivity index (χ4v) is 2.89. The van der Waals surface area contributed by atoms with Gasteiger partial charge in [-0.05, 0) is 18.9 Å². The van der Waals surface area contributed by atoms with E-state index >= 15 is 0 Å². The summed E-state index contributed by atoms with van der Waals surface area (Å²) in [5.74, 6) is 0. The molecule has 1 aromatic heterocycles. The van der Waals surface area contributed by atoms with E-state index in [1.165, 1.54) is 25.7 Å². The zero-order valence-electron chi connectivity index (χ0n) is 11.2. The lowest BCUT2D eigenvalue weighted by Gasteiger charge is -2.38. The average Bonchev–Trinajstić information content (AvgIpc) is 2.96. The predicted molar refractivity (Wildman–Crippen MR) is 70.4 cm³/mol. The first kappa shape index (κ1) is 12.2. The second-order valence-electron chi connectivity index (χ2n) is 6.13. The molecule has 1 aliphatic carbocycles. The van der Waals surface area contributed by atoms with Gasteiger partial charge in [0, 0.05) is 24.7 Å². The van der Waals surface area contributed by atoms with Crippen LogP contribution >= 0.6 is 0 Å². The largest absolute Gasteiger partial charge is 0.380 e. The molecule has 0 atom stereocenters. The van der Waals surface area contributed by atoms with Gasteiger partial charge in [-0.25, -0.2) is 0 Å². The van der Waals surface area contributed by atoms with Gasteiger partial charge in [-0.2, -0.15) is 5.10 Å². The van der Waals surface area contributed by atoms with E-state index in [1.807, 2.05) is 0 Å². The van der Waals surface area contributed by atoms with Crippen LogP contribution < -0.4 is 5.32 Å². The molecule has 2 aliphatic rings. The highest BCUT2D eigenvalue weighted by molar-refractivity contribution is 5.00. The first-order valence-corrected chi connectivity index (χ1v) is 7.08. The van der Waals surface area contributed by atoms with Gasteiger partial charge < -0.3 is 10.1 Å². The van der Waals surface area contributed by atoms with Crippen LogP contribution in [0.3, 0.4) is 0 Å². The van der Waals surface area contributed by atoms with Gasteiger partial charge in [-0.15, -0.1) is 0 Å². The number of nitrogens with zero attached hydrogens (tertiary/aromatic N) is 2. The maximum Gasteiger partial charge on any atom is 0.0762 e. The molecule has 100 valence electrons. The van der Waals surface area contributed by atoms with Gasteiger partial charge in [0.15, 0.2) is 0 Å². The smallest absolute Gasteiger partial charge is 0.0762 e. The van der Waals surface area contributed by atoms with Crippen LogP contribution in [-0.4, -0.2) is 29.5 Å². The summed E-state index contributed by atoms with van der Waals surface area (Å²) in [4.78, 5) is 0. The molecule has 0 bridgehead atoms. The summed E-state index contributed by atoms with van der Waals surface area (Å²) < 4.78 is 7.42. The van der Waals surface area contributed by atoms with Crippen molar-refractivity contribution in [3.05, 3.63) is 18.0 Å². The van der Waals surface area contributed by atoms with Crippen LogP contribution in [0.15, 0.2) is 12.3 Å². The number of hydrogen-bond acceptors (Lipinski definition) is 3. The monoisotopic (exact) mass is 249 g/mol. The standard InChI is InChI=1S/C14H23N3O/c1-14(10-18-11-14)9-15-8-12-6-7-17(16-12)13-4-2-3-5-13/h6-7,13,15H,2-5,8-11H2,1H3. The summed E-state index contributed by atoms with van der Waals surface area (Å²) in [6.45, 7) is 5.92. The Balaban J connectivity index is 1.47. The summed E-state index contributed by atoms with van der Waals surface area (Å²) >= 11 is 0. The zero-order valence-corrected chi connectivity index (χ0v) is 11.2. The van der Waals surface area contributed by atoms with Crippen LogP contribution in [0.4, 0.5) is 0 Å². The Kier molecular flexibility index (Phi) is 3.39. The van der Waals surface area contributed by atoms with Gasteiger partial charge in [0.1, 0.15) is 0 Å². The third-order valence-electron chi connectivity index (χ3n) is 4.12. The molecule has 1 saturated heterocycles. The first-order chi connectivity index (χ1) is 8.75. The molecular weight excluding hydrogens is 226 g/mol. The lowest BCUT2D eigenvalue weighted by molar-refractivity contribution is -0.0991. The molecule has 3 rings (SSSR count). The molecule has 0 unspecified atom stereocenters. The van der Waals surface area contributed by atoms with Crippen molar-refractivity contribution in [3.63, 3.8) is 0 Å². The fourth-order valence-electron chi connectivity index (χ4n) is 2.89. The Morgan fingerprint density at radius 2 is 2.22 bits per heavy atom. The van der Waals surface area contributed by atoms with Crippen molar-refractivity contribution in [1.29, 1.82) is 0 Å². The van der Waals surface area contributed by atoms with Crippen LogP contribution in [0.2, 0.25) is 0 Å². The van der Waals surface area contributed by atoms with Gasteiger partial charge >= 0.3 is 0 Å². The van der Waals surface area contributed by atoms with E-state index in [9.17, 15) is 0 Å². The summed E-state index contributed by atoms with van der Waals surface area (Å²) in [5, 5.41) is 8.17. The molecule has 1 N–H and O–H groups in total. The van der Waals surface area contributed by atoms with E-state index in [-0.39, 0.29) is 0 Å². The second-order valence-corrected chi connectivity index (χ2v) is 6.13. The third-order valence-corrected chi connectivity index (χ3v) is 4.12. The predicted octanol–water partition coefficient (Wildman–Crippen LogP) is 2.12. The molecule has 2 fully saturated rings. The molecule has 4 nitrogen and oxygen atoms in total. The minimum Gasteiger partial charge on any atom is -0.380 e. The van der Waals surface area contributed by atoms with E-state index in [4.69, 9.17) is 4.74 Å². The Morgan fingerprint density at radius 1 is 1.44 bits per heavy atom. The van der Waals surface area contributed by atoms with E-state index < -0.39 is 0 Å². The van der Waals surface area contributed by atoms with Gasteiger partial charge in [0.2, 0.25) is 0 Å². The molecule has 2 heterocycles. The summed E-state index contributed by atoms with van der Waals surface area (Å²) in [6.07, 6.45) is 7.45. The maximum absolute atomic E-state index is 5.25. The van der Waals surface area contributed by atoms with Crippen LogP contribution in [0.5, 0.6) is 0 Å².